The molecular weight excluding hydrogens is 166 g/mol. The SMILES string of the molecule is CC(CO)Nc1cccc(C#N)n1. The Labute approximate surface area is 76.8 Å². The van der Waals surface area contributed by atoms with Crippen LogP contribution in [0, 0.1) is 11.3 Å². The number of hydrogen-bond acceptors (Lipinski definition) is 4. The van der Waals surface area contributed by atoms with Gasteiger partial charge in [-0.3, -0.25) is 0 Å². The molecule has 13 heavy (non-hydrogen) atoms. The molecule has 0 aliphatic carbocycles. The summed E-state index contributed by atoms with van der Waals surface area (Å²) in [6.45, 7) is 1.87. The fourth-order valence-corrected chi connectivity index (χ4v) is 0.875. The van der Waals surface area contributed by atoms with Gasteiger partial charge in [-0.25, -0.2) is 4.98 Å². The Morgan fingerprint density at radius 2 is 2.46 bits per heavy atom. The fourth-order valence-electron chi connectivity index (χ4n) is 0.875. The summed E-state index contributed by atoms with van der Waals surface area (Å²) in [5, 5.41) is 20.3. The van der Waals surface area contributed by atoms with Gasteiger partial charge >= 0.3 is 0 Å². The predicted molar refractivity (Wildman–Crippen MR) is 49.1 cm³/mol. The predicted octanol–water partition coefficient (Wildman–Crippen LogP) is 0.746. The van der Waals surface area contributed by atoms with Crippen LogP contribution in [0.4, 0.5) is 5.82 Å². The second kappa shape index (κ2) is 4.43. The number of aliphatic hydroxyl groups is 1. The van der Waals surface area contributed by atoms with Crippen LogP contribution in [0.2, 0.25) is 0 Å². The van der Waals surface area contributed by atoms with Gasteiger partial charge in [-0.15, -0.1) is 0 Å². The smallest absolute Gasteiger partial charge is 0.142 e. The molecule has 1 aromatic rings. The summed E-state index contributed by atoms with van der Waals surface area (Å²) >= 11 is 0. The maximum Gasteiger partial charge on any atom is 0.142 e. The fraction of sp³-hybridized carbons (Fsp3) is 0.333. The van der Waals surface area contributed by atoms with Crippen molar-refractivity contribution in [2.75, 3.05) is 11.9 Å². The molecule has 1 unspecified atom stereocenters. The number of nitrogens with zero attached hydrogens (tertiary/aromatic N) is 2. The van der Waals surface area contributed by atoms with E-state index in [-0.39, 0.29) is 12.6 Å². The van der Waals surface area contributed by atoms with Crippen molar-refractivity contribution in [1.29, 1.82) is 5.26 Å². The minimum absolute atomic E-state index is 0.0401. The summed E-state index contributed by atoms with van der Waals surface area (Å²) in [5.41, 5.74) is 0.370. The standard InChI is InChI=1S/C9H11N3O/c1-7(6-13)11-9-4-2-3-8(5-10)12-9/h2-4,7,13H,6H2,1H3,(H,11,12). The van der Waals surface area contributed by atoms with Gasteiger partial charge in [0.1, 0.15) is 17.6 Å². The van der Waals surface area contributed by atoms with Crippen LogP contribution in [0.15, 0.2) is 18.2 Å². The van der Waals surface area contributed by atoms with Gasteiger partial charge in [0.25, 0.3) is 0 Å². The number of aliphatic hydroxyl groups excluding tert-OH is 1. The molecule has 1 atom stereocenters. The Morgan fingerprint density at radius 1 is 1.69 bits per heavy atom. The molecule has 0 aliphatic heterocycles. The molecule has 1 heterocycles. The van der Waals surface area contributed by atoms with E-state index in [2.05, 4.69) is 10.3 Å². The summed E-state index contributed by atoms with van der Waals surface area (Å²) in [6.07, 6.45) is 0. The van der Waals surface area contributed by atoms with E-state index in [4.69, 9.17) is 10.4 Å². The summed E-state index contributed by atoms with van der Waals surface area (Å²) in [4.78, 5) is 4.00. The second-order valence-corrected chi connectivity index (χ2v) is 2.75. The quantitative estimate of drug-likeness (QED) is 0.714. The lowest BCUT2D eigenvalue weighted by atomic mass is 10.3. The first-order valence-electron chi connectivity index (χ1n) is 4.01. The minimum Gasteiger partial charge on any atom is -0.394 e. The van der Waals surface area contributed by atoms with E-state index in [9.17, 15) is 0 Å². The Bertz CT molecular complexity index is 319. The maximum absolute atomic E-state index is 8.77. The maximum atomic E-state index is 8.77. The molecule has 0 saturated heterocycles. The molecule has 4 nitrogen and oxygen atoms in total. The van der Waals surface area contributed by atoms with Crippen LogP contribution in [0.5, 0.6) is 0 Å². The molecule has 0 aliphatic rings. The van der Waals surface area contributed by atoms with Crippen molar-refractivity contribution in [3.63, 3.8) is 0 Å². The lowest BCUT2D eigenvalue weighted by molar-refractivity contribution is 0.281. The Hall–Kier alpha value is -1.60. The molecule has 0 fully saturated rings. The Kier molecular flexibility index (Phi) is 3.23. The molecule has 4 heteroatoms. The average molecular weight is 177 g/mol. The van der Waals surface area contributed by atoms with Crippen LogP contribution in [-0.2, 0) is 0 Å². The van der Waals surface area contributed by atoms with Crippen molar-refractivity contribution in [2.45, 2.75) is 13.0 Å². The number of nitrogens with one attached hydrogen (secondary N) is 1. The van der Waals surface area contributed by atoms with Crippen molar-refractivity contribution in [3.8, 4) is 6.07 Å². The molecule has 0 saturated carbocycles. The zero-order valence-electron chi connectivity index (χ0n) is 7.36. The van der Waals surface area contributed by atoms with Gasteiger partial charge in [-0.05, 0) is 19.1 Å². The number of rotatable bonds is 3. The van der Waals surface area contributed by atoms with Crippen molar-refractivity contribution in [3.05, 3.63) is 23.9 Å². The van der Waals surface area contributed by atoms with E-state index < -0.39 is 0 Å². The number of pyridine rings is 1. The molecule has 0 aromatic carbocycles. The van der Waals surface area contributed by atoms with Gasteiger partial charge in [-0.1, -0.05) is 6.07 Å². The van der Waals surface area contributed by atoms with Crippen molar-refractivity contribution in [1.82, 2.24) is 4.98 Å². The van der Waals surface area contributed by atoms with E-state index in [1.165, 1.54) is 0 Å². The lowest BCUT2D eigenvalue weighted by Gasteiger charge is -2.10. The second-order valence-electron chi connectivity index (χ2n) is 2.75. The zero-order chi connectivity index (χ0) is 9.68. The lowest BCUT2D eigenvalue weighted by Crippen LogP contribution is -2.20. The van der Waals surface area contributed by atoms with Gasteiger partial charge in [0, 0.05) is 6.04 Å². The Morgan fingerprint density at radius 3 is 3.08 bits per heavy atom. The van der Waals surface area contributed by atoms with Crippen LogP contribution in [0.1, 0.15) is 12.6 Å². The van der Waals surface area contributed by atoms with E-state index in [1.54, 1.807) is 18.2 Å². The normalized spacial score (nSPS) is 11.8. The van der Waals surface area contributed by atoms with E-state index in [0.29, 0.717) is 11.5 Å². The highest BCUT2D eigenvalue weighted by Crippen LogP contribution is 2.05. The molecule has 68 valence electrons. The number of hydrogen-bond donors (Lipinski definition) is 2. The van der Waals surface area contributed by atoms with Gasteiger partial charge in [-0.2, -0.15) is 5.26 Å². The van der Waals surface area contributed by atoms with Crippen molar-refractivity contribution >= 4 is 5.82 Å². The topological polar surface area (TPSA) is 68.9 Å². The molecule has 1 rings (SSSR count). The first-order valence-corrected chi connectivity index (χ1v) is 4.01. The van der Waals surface area contributed by atoms with Gasteiger partial charge < -0.3 is 10.4 Å². The monoisotopic (exact) mass is 177 g/mol. The van der Waals surface area contributed by atoms with E-state index >= 15 is 0 Å². The summed E-state index contributed by atoms with van der Waals surface area (Å²) in [6, 6.07) is 7.03. The van der Waals surface area contributed by atoms with Crippen LogP contribution in [0.3, 0.4) is 0 Å². The zero-order valence-corrected chi connectivity index (χ0v) is 7.36. The first kappa shape index (κ1) is 9.49. The first-order chi connectivity index (χ1) is 6.26. The van der Waals surface area contributed by atoms with E-state index in [1.807, 2.05) is 13.0 Å². The molecule has 1 aromatic heterocycles. The molecule has 0 bridgehead atoms. The molecule has 0 radical (unpaired) electrons. The van der Waals surface area contributed by atoms with Crippen LogP contribution >= 0.6 is 0 Å². The van der Waals surface area contributed by atoms with Gasteiger partial charge in [0.2, 0.25) is 0 Å². The molecule has 0 amide bonds. The van der Waals surface area contributed by atoms with Crippen LogP contribution in [0.25, 0.3) is 0 Å². The summed E-state index contributed by atoms with van der Waals surface area (Å²) in [5.74, 6) is 0.612. The third kappa shape index (κ3) is 2.73. The Balaban J connectivity index is 2.73. The highest BCUT2D eigenvalue weighted by Gasteiger charge is 2.00. The van der Waals surface area contributed by atoms with Crippen molar-refractivity contribution < 1.29 is 5.11 Å². The molecule has 0 spiro atoms. The average Bonchev–Trinajstić information content (AvgIpc) is 2.18. The number of aromatic nitrogens is 1. The van der Waals surface area contributed by atoms with Crippen molar-refractivity contribution in [2.24, 2.45) is 0 Å². The minimum atomic E-state index is -0.0542. The third-order valence-corrected chi connectivity index (χ3v) is 1.53. The highest BCUT2D eigenvalue weighted by molar-refractivity contribution is 5.38. The number of nitriles is 1. The van der Waals surface area contributed by atoms with Gasteiger partial charge in [0.05, 0.1) is 6.61 Å². The third-order valence-electron chi connectivity index (χ3n) is 1.53. The van der Waals surface area contributed by atoms with E-state index in [0.717, 1.165) is 0 Å². The summed E-state index contributed by atoms with van der Waals surface area (Å²) in [7, 11) is 0. The molecular formula is C9H11N3O. The van der Waals surface area contributed by atoms with Crippen LogP contribution in [-0.4, -0.2) is 22.7 Å². The van der Waals surface area contributed by atoms with Gasteiger partial charge in [0.15, 0.2) is 0 Å². The highest BCUT2D eigenvalue weighted by atomic mass is 16.3. The van der Waals surface area contributed by atoms with Crippen LogP contribution < -0.4 is 5.32 Å². The molecule has 2 N–H and O–H groups in total. The summed E-state index contributed by atoms with van der Waals surface area (Å²) < 4.78 is 0. The largest absolute Gasteiger partial charge is 0.394 e. The number of anilines is 1.